The molecule has 1 aromatic rings. The highest BCUT2D eigenvalue weighted by Gasteiger charge is 2.20. The van der Waals surface area contributed by atoms with Crippen molar-refractivity contribution in [2.45, 2.75) is 40.3 Å². The van der Waals surface area contributed by atoms with Crippen LogP contribution in [0.3, 0.4) is 0 Å². The van der Waals surface area contributed by atoms with Crippen LogP contribution in [0.15, 0.2) is 0 Å². The van der Waals surface area contributed by atoms with E-state index in [1.165, 1.54) is 4.88 Å². The third-order valence-corrected chi connectivity index (χ3v) is 4.45. The molecule has 1 atom stereocenters. The van der Waals surface area contributed by atoms with E-state index in [1.54, 1.807) is 0 Å². The van der Waals surface area contributed by atoms with Gasteiger partial charge in [0.15, 0.2) is 5.13 Å². The number of anilines is 1. The maximum absolute atomic E-state index is 5.58. The molecule has 0 saturated carbocycles. The van der Waals surface area contributed by atoms with Gasteiger partial charge >= 0.3 is 0 Å². The summed E-state index contributed by atoms with van der Waals surface area (Å²) in [6.07, 6.45) is 0.306. The van der Waals surface area contributed by atoms with Crippen molar-refractivity contribution >= 4 is 16.5 Å². The van der Waals surface area contributed by atoms with Gasteiger partial charge in [-0.2, -0.15) is 0 Å². The van der Waals surface area contributed by atoms with Crippen LogP contribution in [0.1, 0.15) is 31.3 Å². The van der Waals surface area contributed by atoms with Crippen LogP contribution in [0.25, 0.3) is 0 Å². The molecule has 1 aliphatic heterocycles. The van der Waals surface area contributed by atoms with Gasteiger partial charge < -0.3 is 15.0 Å². The summed E-state index contributed by atoms with van der Waals surface area (Å²) in [5, 5.41) is 4.64. The number of rotatable bonds is 5. The van der Waals surface area contributed by atoms with Crippen LogP contribution in [-0.4, -0.2) is 37.3 Å². The van der Waals surface area contributed by atoms with E-state index in [4.69, 9.17) is 9.72 Å². The van der Waals surface area contributed by atoms with E-state index in [0.29, 0.717) is 12.0 Å². The summed E-state index contributed by atoms with van der Waals surface area (Å²) in [4.78, 5) is 8.42. The molecule has 1 aromatic heterocycles. The lowest BCUT2D eigenvalue weighted by molar-refractivity contribution is 0.0532. The van der Waals surface area contributed by atoms with Gasteiger partial charge in [0.25, 0.3) is 0 Å². The highest BCUT2D eigenvalue weighted by molar-refractivity contribution is 7.15. The van der Waals surface area contributed by atoms with Gasteiger partial charge in [0, 0.05) is 24.5 Å². The lowest BCUT2D eigenvalue weighted by atomic mass is 10.2. The average Bonchev–Trinajstić information content (AvgIpc) is 2.71. The molecule has 2 heterocycles. The first-order chi connectivity index (χ1) is 9.06. The first-order valence-electron chi connectivity index (χ1n) is 7.10. The van der Waals surface area contributed by atoms with Crippen molar-refractivity contribution in [3.63, 3.8) is 0 Å². The van der Waals surface area contributed by atoms with E-state index in [1.807, 2.05) is 11.3 Å². The highest BCUT2D eigenvalue weighted by atomic mass is 32.1. The molecular formula is C14H25N3OS. The summed E-state index contributed by atoms with van der Waals surface area (Å²) < 4.78 is 5.58. The molecule has 1 saturated heterocycles. The van der Waals surface area contributed by atoms with Crippen molar-refractivity contribution < 1.29 is 4.74 Å². The molecule has 1 N–H and O–H groups in total. The average molecular weight is 283 g/mol. The fourth-order valence-electron chi connectivity index (χ4n) is 2.18. The second-order valence-corrected chi connectivity index (χ2v) is 6.72. The van der Waals surface area contributed by atoms with Gasteiger partial charge in [0.1, 0.15) is 0 Å². The van der Waals surface area contributed by atoms with Crippen LogP contribution in [0.5, 0.6) is 0 Å². The number of nitrogens with zero attached hydrogens (tertiary/aromatic N) is 2. The molecule has 0 bridgehead atoms. The molecule has 108 valence electrons. The lowest BCUT2D eigenvalue weighted by Crippen LogP contribution is -2.41. The van der Waals surface area contributed by atoms with E-state index >= 15 is 0 Å². The Morgan fingerprint density at radius 3 is 3.00 bits per heavy atom. The zero-order valence-electron chi connectivity index (χ0n) is 12.4. The van der Waals surface area contributed by atoms with Crippen LogP contribution < -0.4 is 10.2 Å². The number of nitrogens with one attached hydrogen (secondary N) is 1. The first kappa shape index (κ1) is 14.8. The van der Waals surface area contributed by atoms with Crippen molar-refractivity contribution in [3.8, 4) is 0 Å². The molecule has 1 fully saturated rings. The van der Waals surface area contributed by atoms with E-state index < -0.39 is 0 Å². The molecule has 0 spiro atoms. The zero-order valence-corrected chi connectivity index (χ0v) is 13.2. The van der Waals surface area contributed by atoms with Gasteiger partial charge in [0.2, 0.25) is 0 Å². The monoisotopic (exact) mass is 283 g/mol. The quantitative estimate of drug-likeness (QED) is 0.900. The standard InChI is InChI=1S/C14H25N3OS/c1-10(2)7-15-8-13-12(4)16-14(19-13)17-5-6-18-11(3)9-17/h10-11,15H,5-9H2,1-4H3. The van der Waals surface area contributed by atoms with Crippen LogP contribution in [0.2, 0.25) is 0 Å². The predicted molar refractivity (Wildman–Crippen MR) is 81.0 cm³/mol. The number of thiazole rings is 1. The van der Waals surface area contributed by atoms with Crippen molar-refractivity contribution in [2.24, 2.45) is 5.92 Å². The van der Waals surface area contributed by atoms with E-state index in [2.05, 4.69) is 37.9 Å². The van der Waals surface area contributed by atoms with Crippen LogP contribution >= 0.6 is 11.3 Å². The Balaban J connectivity index is 1.95. The predicted octanol–water partition coefficient (Wildman–Crippen LogP) is 2.42. The topological polar surface area (TPSA) is 37.4 Å². The van der Waals surface area contributed by atoms with Gasteiger partial charge in [-0.3, -0.25) is 0 Å². The number of aryl methyl sites for hydroxylation is 1. The second kappa shape index (κ2) is 6.68. The van der Waals surface area contributed by atoms with E-state index in [9.17, 15) is 0 Å². The van der Waals surface area contributed by atoms with Crippen LogP contribution in [-0.2, 0) is 11.3 Å². The number of ether oxygens (including phenoxy) is 1. The molecule has 1 aliphatic rings. The lowest BCUT2D eigenvalue weighted by Gasteiger charge is -2.30. The van der Waals surface area contributed by atoms with Gasteiger partial charge in [-0.25, -0.2) is 4.98 Å². The first-order valence-corrected chi connectivity index (χ1v) is 7.91. The van der Waals surface area contributed by atoms with E-state index in [0.717, 1.165) is 43.6 Å². The minimum Gasteiger partial charge on any atom is -0.375 e. The highest BCUT2D eigenvalue weighted by Crippen LogP contribution is 2.27. The molecule has 2 rings (SSSR count). The van der Waals surface area contributed by atoms with Crippen molar-refractivity contribution in [3.05, 3.63) is 10.6 Å². The largest absolute Gasteiger partial charge is 0.375 e. The third kappa shape index (κ3) is 4.16. The Bertz CT molecular complexity index is 405. The SMILES string of the molecule is Cc1nc(N2CCOC(C)C2)sc1CNCC(C)C. The second-order valence-electron chi connectivity index (χ2n) is 5.66. The van der Waals surface area contributed by atoms with Gasteiger partial charge in [-0.1, -0.05) is 13.8 Å². The van der Waals surface area contributed by atoms with Crippen LogP contribution in [0.4, 0.5) is 5.13 Å². The minimum absolute atomic E-state index is 0.306. The van der Waals surface area contributed by atoms with Gasteiger partial charge in [-0.15, -0.1) is 11.3 Å². The van der Waals surface area contributed by atoms with Crippen LogP contribution in [0, 0.1) is 12.8 Å². The molecule has 0 radical (unpaired) electrons. The Labute approximate surface area is 120 Å². The molecule has 0 aliphatic carbocycles. The molecule has 0 amide bonds. The number of aromatic nitrogens is 1. The summed E-state index contributed by atoms with van der Waals surface area (Å²) in [5.41, 5.74) is 1.16. The Hall–Kier alpha value is -0.650. The number of hydrogen-bond donors (Lipinski definition) is 1. The Morgan fingerprint density at radius 1 is 1.53 bits per heavy atom. The van der Waals surface area contributed by atoms with Crippen molar-refractivity contribution in [1.29, 1.82) is 0 Å². The summed E-state index contributed by atoms with van der Waals surface area (Å²) >= 11 is 1.82. The Morgan fingerprint density at radius 2 is 2.32 bits per heavy atom. The maximum atomic E-state index is 5.58. The summed E-state index contributed by atoms with van der Waals surface area (Å²) in [7, 11) is 0. The zero-order chi connectivity index (χ0) is 13.8. The van der Waals surface area contributed by atoms with Crippen molar-refractivity contribution in [1.82, 2.24) is 10.3 Å². The third-order valence-electron chi connectivity index (χ3n) is 3.23. The maximum Gasteiger partial charge on any atom is 0.185 e. The Kier molecular flexibility index (Phi) is 5.19. The molecule has 19 heavy (non-hydrogen) atoms. The summed E-state index contributed by atoms with van der Waals surface area (Å²) in [6.45, 7) is 13.4. The van der Waals surface area contributed by atoms with E-state index in [-0.39, 0.29) is 0 Å². The minimum atomic E-state index is 0.306. The molecule has 1 unspecified atom stereocenters. The smallest absolute Gasteiger partial charge is 0.185 e. The van der Waals surface area contributed by atoms with Gasteiger partial charge in [-0.05, 0) is 26.3 Å². The molecule has 5 heteroatoms. The number of morpholine rings is 1. The fourth-order valence-corrected chi connectivity index (χ4v) is 3.24. The molecular weight excluding hydrogens is 258 g/mol. The van der Waals surface area contributed by atoms with Crippen molar-refractivity contribution in [2.75, 3.05) is 31.1 Å². The normalized spacial score (nSPS) is 20.3. The number of hydrogen-bond acceptors (Lipinski definition) is 5. The summed E-state index contributed by atoms with van der Waals surface area (Å²) in [5.74, 6) is 0.688. The molecule has 0 aromatic carbocycles. The fraction of sp³-hybridized carbons (Fsp3) is 0.786. The molecule has 4 nitrogen and oxygen atoms in total. The van der Waals surface area contributed by atoms with Gasteiger partial charge in [0.05, 0.1) is 18.4 Å². The summed E-state index contributed by atoms with van der Waals surface area (Å²) in [6, 6.07) is 0.